The average Bonchev–Trinajstić information content (AvgIpc) is 2.59. The van der Waals surface area contributed by atoms with Crippen molar-refractivity contribution in [3.63, 3.8) is 0 Å². The normalized spacial score (nSPS) is 25.6. The maximum absolute atomic E-state index is 10.3. The van der Waals surface area contributed by atoms with Crippen LogP contribution in [-0.2, 0) is 6.42 Å². The second kappa shape index (κ2) is 4.58. The summed E-state index contributed by atoms with van der Waals surface area (Å²) in [4.78, 5) is 0. The molecular weight excluding hydrogens is 196 g/mol. The molecule has 0 radical (unpaired) electrons. The molecule has 0 heterocycles. The molecule has 1 fully saturated rings. The van der Waals surface area contributed by atoms with Gasteiger partial charge in [0.1, 0.15) is 0 Å². The van der Waals surface area contributed by atoms with E-state index in [1.54, 1.807) is 0 Å². The number of benzene rings is 1. The van der Waals surface area contributed by atoms with Gasteiger partial charge in [0.15, 0.2) is 0 Å². The first kappa shape index (κ1) is 11.7. The molecule has 16 heavy (non-hydrogen) atoms. The van der Waals surface area contributed by atoms with Gasteiger partial charge in [0, 0.05) is 0 Å². The maximum Gasteiger partial charge on any atom is 0.0613 e. The first-order valence-electron chi connectivity index (χ1n) is 6.31. The van der Waals surface area contributed by atoms with Crippen LogP contribution in [0.5, 0.6) is 0 Å². The summed E-state index contributed by atoms with van der Waals surface area (Å²) in [6, 6.07) is 10.3. The van der Waals surface area contributed by atoms with E-state index in [-0.39, 0.29) is 6.10 Å². The van der Waals surface area contributed by atoms with Gasteiger partial charge in [0.05, 0.1) is 6.10 Å². The third kappa shape index (κ3) is 2.46. The van der Waals surface area contributed by atoms with Crippen LogP contribution in [0.1, 0.15) is 38.7 Å². The van der Waals surface area contributed by atoms with E-state index >= 15 is 0 Å². The molecular formula is C15H22O. The zero-order valence-electron chi connectivity index (χ0n) is 10.3. The number of rotatable bonds is 3. The first-order chi connectivity index (χ1) is 7.59. The Morgan fingerprint density at radius 2 is 2.00 bits per heavy atom. The lowest BCUT2D eigenvalue weighted by Gasteiger charge is -2.31. The van der Waals surface area contributed by atoms with Crippen molar-refractivity contribution in [2.24, 2.45) is 11.3 Å². The average molecular weight is 218 g/mol. The molecule has 1 aromatic carbocycles. The highest BCUT2D eigenvalue weighted by Gasteiger charge is 2.38. The Balaban J connectivity index is 2.01. The Hall–Kier alpha value is -0.820. The topological polar surface area (TPSA) is 20.2 Å². The summed E-state index contributed by atoms with van der Waals surface area (Å²) in [6.07, 6.45) is 4.32. The lowest BCUT2D eigenvalue weighted by molar-refractivity contribution is 0.0543. The van der Waals surface area contributed by atoms with Gasteiger partial charge in [-0.2, -0.15) is 0 Å². The molecule has 0 bridgehead atoms. The minimum atomic E-state index is -0.181. The number of hydrogen-bond acceptors (Lipinski definition) is 1. The Bertz CT molecular complexity index is 329. The van der Waals surface area contributed by atoms with Crippen molar-refractivity contribution in [2.75, 3.05) is 0 Å². The van der Waals surface area contributed by atoms with Gasteiger partial charge in [-0.3, -0.25) is 0 Å². The van der Waals surface area contributed by atoms with Gasteiger partial charge in [-0.25, -0.2) is 0 Å². The maximum atomic E-state index is 10.3. The van der Waals surface area contributed by atoms with Crippen LogP contribution in [0.25, 0.3) is 0 Å². The molecule has 0 aliphatic heterocycles. The first-order valence-corrected chi connectivity index (χ1v) is 6.31. The van der Waals surface area contributed by atoms with Crippen molar-refractivity contribution in [3.05, 3.63) is 35.9 Å². The highest BCUT2D eigenvalue weighted by Crippen LogP contribution is 2.44. The van der Waals surface area contributed by atoms with E-state index in [1.165, 1.54) is 24.8 Å². The molecule has 0 spiro atoms. The summed E-state index contributed by atoms with van der Waals surface area (Å²) in [5.74, 6) is 0.465. The van der Waals surface area contributed by atoms with E-state index < -0.39 is 0 Å². The molecule has 0 saturated heterocycles. The predicted octanol–water partition coefficient (Wildman–Crippen LogP) is 3.42. The van der Waals surface area contributed by atoms with Gasteiger partial charge >= 0.3 is 0 Å². The predicted molar refractivity (Wildman–Crippen MR) is 67.3 cm³/mol. The molecule has 88 valence electrons. The summed E-state index contributed by atoms with van der Waals surface area (Å²) in [5.41, 5.74) is 1.56. The van der Waals surface area contributed by atoms with Gasteiger partial charge in [-0.1, -0.05) is 50.6 Å². The molecule has 0 aromatic heterocycles. The Labute approximate surface area is 98.5 Å². The van der Waals surface area contributed by atoms with Crippen LogP contribution in [0.15, 0.2) is 30.3 Å². The van der Waals surface area contributed by atoms with Crippen molar-refractivity contribution in [3.8, 4) is 0 Å². The van der Waals surface area contributed by atoms with Crippen LogP contribution < -0.4 is 0 Å². The molecule has 1 nitrogen and oxygen atoms in total. The van der Waals surface area contributed by atoms with Crippen LogP contribution in [0.4, 0.5) is 0 Å². The molecule has 1 aromatic rings. The van der Waals surface area contributed by atoms with E-state index in [2.05, 4.69) is 26.0 Å². The molecule has 2 rings (SSSR count). The molecule has 2 atom stereocenters. The van der Waals surface area contributed by atoms with Crippen LogP contribution >= 0.6 is 0 Å². The molecule has 1 saturated carbocycles. The second-order valence-electron chi connectivity index (χ2n) is 5.74. The van der Waals surface area contributed by atoms with Gasteiger partial charge < -0.3 is 5.11 Å². The lowest BCUT2D eigenvalue weighted by Crippen LogP contribution is -2.31. The van der Waals surface area contributed by atoms with Crippen molar-refractivity contribution in [1.29, 1.82) is 0 Å². The van der Waals surface area contributed by atoms with Gasteiger partial charge in [-0.15, -0.1) is 0 Å². The number of aliphatic hydroxyl groups is 1. The second-order valence-corrected chi connectivity index (χ2v) is 5.74. The summed E-state index contributed by atoms with van der Waals surface area (Å²) < 4.78 is 0. The zero-order valence-corrected chi connectivity index (χ0v) is 10.3. The Morgan fingerprint density at radius 1 is 1.31 bits per heavy atom. The smallest absolute Gasteiger partial charge is 0.0613 e. The minimum Gasteiger partial charge on any atom is -0.392 e. The third-order valence-electron chi connectivity index (χ3n) is 4.09. The fraction of sp³-hybridized carbons (Fsp3) is 0.600. The molecule has 1 N–H and O–H groups in total. The highest BCUT2D eigenvalue weighted by atomic mass is 16.3. The van der Waals surface area contributed by atoms with E-state index in [1.807, 2.05) is 18.2 Å². The third-order valence-corrected chi connectivity index (χ3v) is 4.09. The van der Waals surface area contributed by atoms with E-state index in [0.717, 1.165) is 6.42 Å². The zero-order chi connectivity index (χ0) is 11.6. The fourth-order valence-corrected chi connectivity index (χ4v) is 3.06. The lowest BCUT2D eigenvalue weighted by atomic mass is 9.77. The van der Waals surface area contributed by atoms with E-state index in [9.17, 15) is 5.11 Å². The molecule has 1 aliphatic rings. The SMILES string of the molecule is CC1(C)CCCC1C(O)Cc1ccccc1. The monoisotopic (exact) mass is 218 g/mol. The quantitative estimate of drug-likeness (QED) is 0.824. The number of aliphatic hydroxyl groups excluding tert-OH is 1. The molecule has 1 heteroatoms. The Kier molecular flexibility index (Phi) is 3.34. The number of hydrogen-bond donors (Lipinski definition) is 1. The largest absolute Gasteiger partial charge is 0.392 e. The summed E-state index contributed by atoms with van der Waals surface area (Å²) in [6.45, 7) is 4.58. The van der Waals surface area contributed by atoms with Crippen molar-refractivity contribution in [1.82, 2.24) is 0 Å². The van der Waals surface area contributed by atoms with E-state index in [4.69, 9.17) is 0 Å². The van der Waals surface area contributed by atoms with Gasteiger partial charge in [-0.05, 0) is 36.2 Å². The highest BCUT2D eigenvalue weighted by molar-refractivity contribution is 5.16. The minimum absolute atomic E-state index is 0.181. The van der Waals surface area contributed by atoms with Crippen LogP contribution in [0, 0.1) is 11.3 Å². The van der Waals surface area contributed by atoms with Crippen LogP contribution in [0.2, 0.25) is 0 Å². The Morgan fingerprint density at radius 3 is 2.56 bits per heavy atom. The standard InChI is InChI=1S/C15H22O/c1-15(2)10-6-9-13(15)14(16)11-12-7-4-3-5-8-12/h3-5,7-8,13-14,16H,6,9-11H2,1-2H3. The summed E-state index contributed by atoms with van der Waals surface area (Å²) in [5, 5.41) is 10.3. The fourth-order valence-electron chi connectivity index (χ4n) is 3.06. The molecule has 0 amide bonds. The van der Waals surface area contributed by atoms with Crippen LogP contribution in [-0.4, -0.2) is 11.2 Å². The van der Waals surface area contributed by atoms with Crippen LogP contribution in [0.3, 0.4) is 0 Å². The van der Waals surface area contributed by atoms with Crippen molar-refractivity contribution in [2.45, 2.75) is 45.6 Å². The van der Waals surface area contributed by atoms with Crippen molar-refractivity contribution >= 4 is 0 Å². The summed E-state index contributed by atoms with van der Waals surface area (Å²) in [7, 11) is 0. The molecule has 2 unspecified atom stereocenters. The van der Waals surface area contributed by atoms with Gasteiger partial charge in [0.2, 0.25) is 0 Å². The van der Waals surface area contributed by atoms with Gasteiger partial charge in [0.25, 0.3) is 0 Å². The van der Waals surface area contributed by atoms with Crippen molar-refractivity contribution < 1.29 is 5.11 Å². The summed E-state index contributed by atoms with van der Waals surface area (Å²) >= 11 is 0. The van der Waals surface area contributed by atoms with E-state index in [0.29, 0.717) is 11.3 Å². The molecule has 1 aliphatic carbocycles.